The van der Waals surface area contributed by atoms with E-state index in [0.29, 0.717) is 11.4 Å². The third-order valence-corrected chi connectivity index (χ3v) is 7.02. The molecule has 0 atom stereocenters. The van der Waals surface area contributed by atoms with Crippen molar-refractivity contribution < 1.29 is 17.9 Å². The van der Waals surface area contributed by atoms with Gasteiger partial charge in [-0.05, 0) is 48.5 Å². The molecule has 0 unspecified atom stereocenters. The van der Waals surface area contributed by atoms with E-state index in [1.807, 2.05) is 54.6 Å². The van der Waals surface area contributed by atoms with Gasteiger partial charge in [-0.2, -0.15) is 0 Å². The van der Waals surface area contributed by atoms with Gasteiger partial charge in [-0.15, -0.1) is 0 Å². The van der Waals surface area contributed by atoms with Crippen molar-refractivity contribution in [2.75, 3.05) is 26.0 Å². The van der Waals surface area contributed by atoms with Crippen molar-refractivity contribution in [3.63, 3.8) is 0 Å². The van der Waals surface area contributed by atoms with Gasteiger partial charge in [0.1, 0.15) is 5.75 Å². The summed E-state index contributed by atoms with van der Waals surface area (Å²) in [6.07, 6.45) is 0. The number of rotatable bonds is 8. The summed E-state index contributed by atoms with van der Waals surface area (Å²) in [5.74, 6) is 0.107. The molecule has 0 heterocycles. The minimum atomic E-state index is -3.50. The van der Waals surface area contributed by atoms with Gasteiger partial charge in [-0.3, -0.25) is 4.79 Å². The molecular weight excluding hydrogens is 420 g/mol. The minimum Gasteiger partial charge on any atom is -0.484 e. The maximum absolute atomic E-state index is 12.4. The molecule has 156 valence electrons. The maximum Gasteiger partial charge on any atom is 0.262 e. The molecule has 1 N–H and O–H groups in total. The number of hydrogen-bond donors (Lipinski definition) is 1. The molecule has 0 aliphatic heterocycles. The number of carbonyl (C=O) groups is 1. The van der Waals surface area contributed by atoms with Gasteiger partial charge in [0.2, 0.25) is 10.0 Å². The summed E-state index contributed by atoms with van der Waals surface area (Å²) in [6, 6.07) is 23.4. The largest absolute Gasteiger partial charge is 0.484 e. The number of hydrogen-bond acceptors (Lipinski definition) is 5. The smallest absolute Gasteiger partial charge is 0.262 e. The van der Waals surface area contributed by atoms with E-state index in [9.17, 15) is 13.2 Å². The predicted octanol–water partition coefficient (Wildman–Crippen LogP) is 4.11. The number of sulfonamides is 1. The van der Waals surface area contributed by atoms with Crippen LogP contribution in [0.3, 0.4) is 0 Å². The summed E-state index contributed by atoms with van der Waals surface area (Å²) in [6.45, 7) is -0.190. The SMILES string of the molecule is CN(C)S(=O)(=O)c1ccc(OCC(=O)Nc2ccccc2Sc2ccccc2)cc1. The van der Waals surface area contributed by atoms with Crippen LogP contribution in [0.2, 0.25) is 0 Å². The number of amides is 1. The van der Waals surface area contributed by atoms with Gasteiger partial charge in [-0.25, -0.2) is 12.7 Å². The zero-order valence-electron chi connectivity index (χ0n) is 16.6. The monoisotopic (exact) mass is 442 g/mol. The van der Waals surface area contributed by atoms with Crippen molar-refractivity contribution in [2.45, 2.75) is 14.7 Å². The van der Waals surface area contributed by atoms with E-state index < -0.39 is 10.0 Å². The molecule has 6 nitrogen and oxygen atoms in total. The van der Waals surface area contributed by atoms with Crippen LogP contribution in [0.4, 0.5) is 5.69 Å². The van der Waals surface area contributed by atoms with E-state index in [4.69, 9.17) is 4.74 Å². The Labute approximate surface area is 180 Å². The van der Waals surface area contributed by atoms with Crippen LogP contribution >= 0.6 is 11.8 Å². The Morgan fingerprint density at radius 1 is 0.933 bits per heavy atom. The summed E-state index contributed by atoms with van der Waals surface area (Å²) in [5.41, 5.74) is 0.701. The molecule has 8 heteroatoms. The summed E-state index contributed by atoms with van der Waals surface area (Å²) < 4.78 is 30.8. The van der Waals surface area contributed by atoms with Gasteiger partial charge in [0.05, 0.1) is 10.6 Å². The summed E-state index contributed by atoms with van der Waals surface area (Å²) in [4.78, 5) is 14.5. The van der Waals surface area contributed by atoms with Gasteiger partial charge in [0, 0.05) is 23.9 Å². The van der Waals surface area contributed by atoms with Gasteiger partial charge < -0.3 is 10.1 Å². The van der Waals surface area contributed by atoms with Crippen LogP contribution in [0.25, 0.3) is 0 Å². The molecule has 0 spiro atoms. The number of para-hydroxylation sites is 1. The zero-order valence-corrected chi connectivity index (χ0v) is 18.2. The molecule has 0 saturated heterocycles. The lowest BCUT2D eigenvalue weighted by Gasteiger charge is -2.13. The van der Waals surface area contributed by atoms with E-state index in [2.05, 4.69) is 5.32 Å². The average molecular weight is 443 g/mol. The lowest BCUT2D eigenvalue weighted by Crippen LogP contribution is -2.22. The summed E-state index contributed by atoms with van der Waals surface area (Å²) >= 11 is 1.56. The fourth-order valence-electron chi connectivity index (χ4n) is 2.53. The van der Waals surface area contributed by atoms with Gasteiger partial charge in [0.15, 0.2) is 6.61 Å². The Morgan fingerprint density at radius 2 is 1.57 bits per heavy atom. The summed E-state index contributed by atoms with van der Waals surface area (Å²) in [5, 5.41) is 2.86. The third-order valence-electron chi connectivity index (χ3n) is 4.10. The van der Waals surface area contributed by atoms with Crippen LogP contribution in [0.1, 0.15) is 0 Å². The zero-order chi connectivity index (χ0) is 21.6. The molecule has 30 heavy (non-hydrogen) atoms. The molecule has 0 radical (unpaired) electrons. The predicted molar refractivity (Wildman–Crippen MR) is 118 cm³/mol. The first-order valence-corrected chi connectivity index (χ1v) is 11.4. The number of carbonyl (C=O) groups excluding carboxylic acids is 1. The Balaban J connectivity index is 1.60. The van der Waals surface area contributed by atoms with E-state index in [-0.39, 0.29) is 17.4 Å². The van der Waals surface area contributed by atoms with Crippen molar-refractivity contribution in [3.8, 4) is 5.75 Å². The standard InChI is InChI=1S/C22H22N2O4S2/c1-24(2)30(26,27)19-14-12-17(13-15-19)28-16-22(25)23-20-10-6-7-11-21(20)29-18-8-4-3-5-9-18/h3-15H,16H2,1-2H3,(H,23,25). The molecule has 3 rings (SSSR count). The fourth-order valence-corrected chi connectivity index (χ4v) is 4.35. The van der Waals surface area contributed by atoms with Crippen LogP contribution in [0.15, 0.2) is 93.5 Å². The first kappa shape index (κ1) is 21.9. The molecule has 0 saturated carbocycles. The fraction of sp³-hybridized carbons (Fsp3) is 0.136. The third kappa shape index (κ3) is 5.63. The highest BCUT2D eigenvalue weighted by molar-refractivity contribution is 7.99. The molecule has 0 aliphatic carbocycles. The van der Waals surface area contributed by atoms with E-state index >= 15 is 0 Å². The molecule has 3 aromatic carbocycles. The Hall–Kier alpha value is -2.81. The molecule has 0 bridgehead atoms. The van der Waals surface area contributed by atoms with Crippen LogP contribution in [0, 0.1) is 0 Å². The van der Waals surface area contributed by atoms with Crippen LogP contribution < -0.4 is 10.1 Å². The normalized spacial score (nSPS) is 11.3. The van der Waals surface area contributed by atoms with Crippen molar-refractivity contribution in [1.82, 2.24) is 4.31 Å². The van der Waals surface area contributed by atoms with Crippen LogP contribution in [-0.4, -0.2) is 39.3 Å². The van der Waals surface area contributed by atoms with Crippen molar-refractivity contribution in [1.29, 1.82) is 0 Å². The first-order chi connectivity index (χ1) is 14.4. The molecule has 1 amide bonds. The second-order valence-corrected chi connectivity index (χ2v) is 9.77. The van der Waals surface area contributed by atoms with Crippen molar-refractivity contribution >= 4 is 33.4 Å². The first-order valence-electron chi connectivity index (χ1n) is 9.13. The van der Waals surface area contributed by atoms with E-state index in [1.165, 1.54) is 38.4 Å². The second-order valence-electron chi connectivity index (χ2n) is 6.51. The number of nitrogens with zero attached hydrogens (tertiary/aromatic N) is 1. The van der Waals surface area contributed by atoms with Crippen molar-refractivity contribution in [3.05, 3.63) is 78.9 Å². The number of benzene rings is 3. The van der Waals surface area contributed by atoms with E-state index in [1.54, 1.807) is 11.8 Å². The topological polar surface area (TPSA) is 75.7 Å². The van der Waals surface area contributed by atoms with Gasteiger partial charge in [-0.1, -0.05) is 42.1 Å². The van der Waals surface area contributed by atoms with Gasteiger partial charge >= 0.3 is 0 Å². The molecule has 0 aliphatic rings. The lowest BCUT2D eigenvalue weighted by atomic mass is 10.3. The van der Waals surface area contributed by atoms with Crippen LogP contribution in [0.5, 0.6) is 5.75 Å². The molecule has 3 aromatic rings. The Morgan fingerprint density at radius 3 is 2.23 bits per heavy atom. The Bertz CT molecular complexity index is 1100. The maximum atomic E-state index is 12.4. The van der Waals surface area contributed by atoms with Crippen molar-refractivity contribution in [2.24, 2.45) is 0 Å². The van der Waals surface area contributed by atoms with E-state index in [0.717, 1.165) is 14.1 Å². The molecule has 0 aromatic heterocycles. The number of anilines is 1. The minimum absolute atomic E-state index is 0.163. The number of ether oxygens (including phenoxy) is 1. The lowest BCUT2D eigenvalue weighted by molar-refractivity contribution is -0.118. The highest BCUT2D eigenvalue weighted by Gasteiger charge is 2.17. The summed E-state index contributed by atoms with van der Waals surface area (Å²) in [7, 11) is -0.560. The molecular formula is C22H22N2O4S2. The highest BCUT2D eigenvalue weighted by atomic mass is 32.2. The van der Waals surface area contributed by atoms with Crippen LogP contribution in [-0.2, 0) is 14.8 Å². The van der Waals surface area contributed by atoms with Gasteiger partial charge in [0.25, 0.3) is 5.91 Å². The number of nitrogens with one attached hydrogen (secondary N) is 1. The average Bonchev–Trinajstić information content (AvgIpc) is 2.74. The quantitative estimate of drug-likeness (QED) is 0.568. The highest BCUT2D eigenvalue weighted by Crippen LogP contribution is 2.33. The Kier molecular flexibility index (Phi) is 7.15. The molecule has 0 fully saturated rings. The second kappa shape index (κ2) is 9.80.